The number of nitrogens with zero attached hydrogens (tertiary/aromatic N) is 2. The molecule has 20 heavy (non-hydrogen) atoms. The van der Waals surface area contributed by atoms with Crippen LogP contribution in [0.25, 0.3) is 0 Å². The molecule has 0 spiro atoms. The van der Waals surface area contributed by atoms with Gasteiger partial charge in [0.05, 0.1) is 5.69 Å². The van der Waals surface area contributed by atoms with Crippen molar-refractivity contribution in [2.24, 2.45) is 0 Å². The molecule has 3 rings (SSSR count). The van der Waals surface area contributed by atoms with Gasteiger partial charge in [0.2, 0.25) is 0 Å². The van der Waals surface area contributed by atoms with E-state index in [1.165, 1.54) is 15.4 Å². The van der Waals surface area contributed by atoms with E-state index in [-0.39, 0.29) is 16.8 Å². The van der Waals surface area contributed by atoms with E-state index in [1.807, 2.05) is 18.4 Å². The largest absolute Gasteiger partial charge is 0.396 e. The molecule has 0 fully saturated rings. The molecule has 1 atom stereocenters. The van der Waals surface area contributed by atoms with Gasteiger partial charge in [0, 0.05) is 23.7 Å². The standard InChI is InChI=1S/C13H15N3O2S2/c1-9-10-5-8-19-12(10)4-7-16(9)20(17,18)13-11(14)3-2-6-15-13/h2-3,5-6,8-9H,4,7,14H2,1H3. The number of anilines is 1. The molecule has 2 N–H and O–H groups in total. The Hall–Kier alpha value is -1.44. The number of rotatable bonds is 2. The van der Waals surface area contributed by atoms with Crippen LogP contribution in [0.15, 0.2) is 34.8 Å². The fourth-order valence-corrected chi connectivity index (χ4v) is 5.15. The summed E-state index contributed by atoms with van der Waals surface area (Å²) in [5.41, 5.74) is 7.04. The highest BCUT2D eigenvalue weighted by atomic mass is 32.2. The zero-order valence-corrected chi connectivity index (χ0v) is 12.6. The highest BCUT2D eigenvalue weighted by Gasteiger charge is 2.36. The van der Waals surface area contributed by atoms with Crippen molar-refractivity contribution in [3.05, 3.63) is 40.2 Å². The maximum Gasteiger partial charge on any atom is 0.263 e. The van der Waals surface area contributed by atoms with Crippen molar-refractivity contribution in [3.8, 4) is 0 Å². The summed E-state index contributed by atoms with van der Waals surface area (Å²) in [5.74, 6) is 0. The Morgan fingerprint density at radius 1 is 1.45 bits per heavy atom. The molecule has 1 aliphatic heterocycles. The average molecular weight is 309 g/mol. The lowest BCUT2D eigenvalue weighted by Gasteiger charge is -2.32. The van der Waals surface area contributed by atoms with Crippen molar-refractivity contribution < 1.29 is 8.42 Å². The maximum absolute atomic E-state index is 12.7. The number of thiophene rings is 1. The fraction of sp³-hybridized carbons (Fsp3) is 0.308. The van der Waals surface area contributed by atoms with Gasteiger partial charge in [-0.3, -0.25) is 0 Å². The summed E-state index contributed by atoms with van der Waals surface area (Å²) in [4.78, 5) is 5.21. The Bertz CT molecular complexity index is 740. The van der Waals surface area contributed by atoms with Crippen molar-refractivity contribution in [3.63, 3.8) is 0 Å². The average Bonchev–Trinajstić information content (AvgIpc) is 2.88. The Kier molecular flexibility index (Phi) is 3.27. The first kappa shape index (κ1) is 13.5. The number of nitrogen functional groups attached to an aromatic ring is 1. The van der Waals surface area contributed by atoms with Crippen LogP contribution in [0, 0.1) is 0 Å². The maximum atomic E-state index is 12.7. The van der Waals surface area contributed by atoms with E-state index in [0.29, 0.717) is 6.54 Å². The Morgan fingerprint density at radius 3 is 3.00 bits per heavy atom. The highest BCUT2D eigenvalue weighted by Crippen LogP contribution is 2.36. The van der Waals surface area contributed by atoms with Crippen LogP contribution in [0.3, 0.4) is 0 Å². The molecule has 7 heteroatoms. The number of hydrogen-bond acceptors (Lipinski definition) is 5. The minimum Gasteiger partial charge on any atom is -0.396 e. The Balaban J connectivity index is 2.04. The zero-order chi connectivity index (χ0) is 14.3. The fourth-order valence-electron chi connectivity index (χ4n) is 2.54. The molecule has 3 heterocycles. The molecule has 106 valence electrons. The van der Waals surface area contributed by atoms with Crippen LogP contribution in [0.2, 0.25) is 0 Å². The number of pyridine rings is 1. The second-order valence-corrected chi connectivity index (χ2v) is 7.55. The molecule has 0 amide bonds. The lowest BCUT2D eigenvalue weighted by atomic mass is 10.0. The van der Waals surface area contributed by atoms with E-state index < -0.39 is 10.0 Å². The Morgan fingerprint density at radius 2 is 2.25 bits per heavy atom. The summed E-state index contributed by atoms with van der Waals surface area (Å²) < 4.78 is 27.0. The summed E-state index contributed by atoms with van der Waals surface area (Å²) in [7, 11) is -3.66. The van der Waals surface area contributed by atoms with E-state index in [9.17, 15) is 8.42 Å². The summed E-state index contributed by atoms with van der Waals surface area (Å²) in [6.07, 6.45) is 2.19. The minimum atomic E-state index is -3.66. The van der Waals surface area contributed by atoms with Crippen LogP contribution in [-0.4, -0.2) is 24.3 Å². The lowest BCUT2D eigenvalue weighted by molar-refractivity contribution is 0.328. The second kappa shape index (κ2) is 4.83. The molecule has 0 aliphatic carbocycles. The molecule has 0 saturated carbocycles. The third-order valence-electron chi connectivity index (χ3n) is 3.57. The normalized spacial score (nSPS) is 19.8. The van der Waals surface area contributed by atoms with Gasteiger partial charge in [0.25, 0.3) is 10.0 Å². The molecule has 2 aromatic heterocycles. The molecule has 2 aromatic rings. The van der Waals surface area contributed by atoms with E-state index in [0.717, 1.165) is 12.0 Å². The van der Waals surface area contributed by atoms with Gasteiger partial charge >= 0.3 is 0 Å². The van der Waals surface area contributed by atoms with Crippen LogP contribution in [0.1, 0.15) is 23.4 Å². The number of hydrogen-bond donors (Lipinski definition) is 1. The van der Waals surface area contributed by atoms with Gasteiger partial charge in [-0.05, 0) is 42.5 Å². The van der Waals surface area contributed by atoms with Gasteiger partial charge in [0.1, 0.15) is 0 Å². The van der Waals surface area contributed by atoms with Crippen LogP contribution < -0.4 is 5.73 Å². The summed E-state index contributed by atoms with van der Waals surface area (Å²) in [5, 5.41) is 1.96. The molecule has 0 radical (unpaired) electrons. The smallest absolute Gasteiger partial charge is 0.263 e. The second-order valence-electron chi connectivity index (χ2n) is 4.74. The van der Waals surface area contributed by atoms with Gasteiger partial charge in [0.15, 0.2) is 5.03 Å². The Labute approximate surface area is 122 Å². The monoisotopic (exact) mass is 309 g/mol. The number of nitrogens with two attached hydrogens (primary N) is 1. The van der Waals surface area contributed by atoms with Crippen LogP contribution in [0.5, 0.6) is 0 Å². The van der Waals surface area contributed by atoms with Gasteiger partial charge in [-0.25, -0.2) is 13.4 Å². The number of sulfonamides is 1. The lowest BCUT2D eigenvalue weighted by Crippen LogP contribution is -2.38. The molecule has 5 nitrogen and oxygen atoms in total. The highest BCUT2D eigenvalue weighted by molar-refractivity contribution is 7.89. The number of fused-ring (bicyclic) bond motifs is 1. The van der Waals surface area contributed by atoms with E-state index in [1.54, 1.807) is 23.5 Å². The number of aromatic nitrogens is 1. The van der Waals surface area contributed by atoms with Crippen molar-refractivity contribution in [2.45, 2.75) is 24.4 Å². The first-order valence-electron chi connectivity index (χ1n) is 6.30. The van der Waals surface area contributed by atoms with Crippen molar-refractivity contribution in [2.75, 3.05) is 12.3 Å². The summed E-state index contributed by atoms with van der Waals surface area (Å²) in [6.45, 7) is 2.37. The van der Waals surface area contributed by atoms with Gasteiger partial charge in [-0.15, -0.1) is 11.3 Å². The topological polar surface area (TPSA) is 76.3 Å². The summed E-state index contributed by atoms with van der Waals surface area (Å²) in [6, 6.07) is 5.00. The van der Waals surface area contributed by atoms with E-state index in [4.69, 9.17) is 5.73 Å². The van der Waals surface area contributed by atoms with Crippen molar-refractivity contribution in [1.29, 1.82) is 0 Å². The van der Waals surface area contributed by atoms with Gasteiger partial charge < -0.3 is 5.73 Å². The van der Waals surface area contributed by atoms with E-state index in [2.05, 4.69) is 4.98 Å². The molecular formula is C13H15N3O2S2. The molecule has 0 aromatic carbocycles. The van der Waals surface area contributed by atoms with Gasteiger partial charge in [-0.2, -0.15) is 4.31 Å². The van der Waals surface area contributed by atoms with E-state index >= 15 is 0 Å². The van der Waals surface area contributed by atoms with Crippen LogP contribution in [0.4, 0.5) is 5.69 Å². The van der Waals surface area contributed by atoms with Crippen LogP contribution >= 0.6 is 11.3 Å². The first-order chi connectivity index (χ1) is 9.51. The summed E-state index contributed by atoms with van der Waals surface area (Å²) >= 11 is 1.68. The zero-order valence-electron chi connectivity index (χ0n) is 11.0. The molecule has 1 unspecified atom stereocenters. The molecular weight excluding hydrogens is 294 g/mol. The third kappa shape index (κ3) is 2.02. The molecule has 0 saturated heterocycles. The van der Waals surface area contributed by atoms with Crippen molar-refractivity contribution in [1.82, 2.24) is 9.29 Å². The van der Waals surface area contributed by atoms with Crippen molar-refractivity contribution >= 4 is 27.0 Å². The quantitative estimate of drug-likeness (QED) is 0.921. The third-order valence-corrected chi connectivity index (χ3v) is 6.52. The first-order valence-corrected chi connectivity index (χ1v) is 8.62. The minimum absolute atomic E-state index is 0.0504. The van der Waals surface area contributed by atoms with Gasteiger partial charge in [-0.1, -0.05) is 0 Å². The molecule has 1 aliphatic rings. The predicted octanol–water partition coefficient (Wildman–Crippen LogP) is 2.03. The molecule has 0 bridgehead atoms. The predicted molar refractivity (Wildman–Crippen MR) is 79.0 cm³/mol. The van der Waals surface area contributed by atoms with Crippen LogP contribution in [-0.2, 0) is 16.4 Å². The SMILES string of the molecule is CC1c2ccsc2CCN1S(=O)(=O)c1ncccc1N.